The van der Waals surface area contributed by atoms with Crippen molar-refractivity contribution in [3.05, 3.63) is 57.4 Å². The van der Waals surface area contributed by atoms with Gasteiger partial charge in [-0.2, -0.15) is 0 Å². The summed E-state index contributed by atoms with van der Waals surface area (Å²) in [7, 11) is 0. The minimum Gasteiger partial charge on any atom is -0.0843 e. The maximum absolute atomic E-state index is 7.90. The van der Waals surface area contributed by atoms with E-state index in [0.29, 0.717) is 5.56 Å². The first-order valence-electron chi connectivity index (χ1n) is 6.06. The average Bonchev–Trinajstić information content (AvgIpc) is 2.39. The smallest absolute Gasteiger partial charge is 0.0670 e. The van der Waals surface area contributed by atoms with Gasteiger partial charge in [0.25, 0.3) is 0 Å². The Morgan fingerprint density at radius 2 is 1.60 bits per heavy atom. The first-order chi connectivity index (χ1) is 8.86. The molecule has 0 aliphatic heterocycles. The van der Waals surface area contributed by atoms with E-state index in [9.17, 15) is 0 Å². The first-order valence-corrected chi connectivity index (χ1v) is 5.19. The van der Waals surface area contributed by atoms with Crippen LogP contribution in [0.4, 0.5) is 0 Å². The Morgan fingerprint density at radius 1 is 0.933 bits per heavy atom. The average molecular weight is 262 g/mol. The standard InChI is InChI=1S/C12H7Cl3/c13-9-6-4-8(5-7-9)10-2-1-3-11(14)12(10)15/h1-7H/i4D,5D,6D,7D. The molecule has 2 aromatic rings. The van der Waals surface area contributed by atoms with Crippen molar-refractivity contribution in [2.45, 2.75) is 0 Å². The topological polar surface area (TPSA) is 0 Å². The quantitative estimate of drug-likeness (QED) is 0.652. The van der Waals surface area contributed by atoms with Gasteiger partial charge in [0.2, 0.25) is 0 Å². The predicted molar refractivity (Wildman–Crippen MR) is 66.9 cm³/mol. The number of halogens is 3. The molecule has 0 nitrogen and oxygen atoms in total. The number of hydrogen-bond donors (Lipinski definition) is 0. The maximum atomic E-state index is 7.90. The molecule has 2 aromatic carbocycles. The van der Waals surface area contributed by atoms with Gasteiger partial charge in [-0.1, -0.05) is 59.0 Å². The van der Waals surface area contributed by atoms with Crippen molar-refractivity contribution in [1.82, 2.24) is 0 Å². The van der Waals surface area contributed by atoms with Crippen LogP contribution in [0.1, 0.15) is 5.48 Å². The summed E-state index contributed by atoms with van der Waals surface area (Å²) in [5.74, 6) is 0. The molecule has 0 heterocycles. The molecular weight excluding hydrogens is 250 g/mol. The predicted octanol–water partition coefficient (Wildman–Crippen LogP) is 5.31. The lowest BCUT2D eigenvalue weighted by Crippen LogP contribution is -1.79. The SMILES string of the molecule is [2H]c1c([2H])c(-c2cccc(Cl)c2Cl)c([2H])c([2H])c1Cl. The molecule has 0 amide bonds. The fraction of sp³-hybridized carbons (Fsp3) is 0. The van der Waals surface area contributed by atoms with Crippen LogP contribution in [-0.2, 0) is 0 Å². The summed E-state index contributed by atoms with van der Waals surface area (Å²) in [6, 6.07) is 3.73. The van der Waals surface area contributed by atoms with Gasteiger partial charge < -0.3 is 0 Å². The summed E-state index contributed by atoms with van der Waals surface area (Å²) in [6.45, 7) is 0. The molecule has 0 radical (unpaired) electrons. The van der Waals surface area contributed by atoms with Crippen molar-refractivity contribution < 1.29 is 5.48 Å². The molecule has 0 saturated carbocycles. The van der Waals surface area contributed by atoms with Gasteiger partial charge in [0.1, 0.15) is 0 Å². The lowest BCUT2D eigenvalue weighted by atomic mass is 10.1. The molecule has 0 unspecified atom stereocenters. The van der Waals surface area contributed by atoms with Crippen LogP contribution >= 0.6 is 34.8 Å². The van der Waals surface area contributed by atoms with Gasteiger partial charge in [-0.25, -0.2) is 0 Å². The van der Waals surface area contributed by atoms with E-state index in [2.05, 4.69) is 0 Å². The Bertz CT molecular complexity index is 642. The lowest BCUT2D eigenvalue weighted by Gasteiger charge is -2.05. The summed E-state index contributed by atoms with van der Waals surface area (Å²) in [5.41, 5.74) is 0.440. The summed E-state index contributed by atoms with van der Waals surface area (Å²) in [6.07, 6.45) is 0. The third-order valence-corrected chi connectivity index (χ3v) is 2.82. The van der Waals surface area contributed by atoms with Crippen LogP contribution in [0.15, 0.2) is 42.4 Å². The van der Waals surface area contributed by atoms with Crippen LogP contribution in [0.25, 0.3) is 11.1 Å². The van der Waals surface area contributed by atoms with Crippen molar-refractivity contribution in [2.75, 3.05) is 0 Å². The Kier molecular flexibility index (Phi) is 2.01. The third-order valence-electron chi connectivity index (χ3n) is 1.82. The zero-order chi connectivity index (χ0) is 14.3. The van der Waals surface area contributed by atoms with Crippen LogP contribution in [-0.4, -0.2) is 0 Å². The molecule has 0 saturated heterocycles. The number of benzene rings is 2. The van der Waals surface area contributed by atoms with Crippen LogP contribution in [0, 0.1) is 0 Å². The highest BCUT2D eigenvalue weighted by Gasteiger charge is 2.05. The normalized spacial score (nSPS) is 14.1. The highest BCUT2D eigenvalue weighted by atomic mass is 35.5. The van der Waals surface area contributed by atoms with Crippen LogP contribution in [0.5, 0.6) is 0 Å². The van der Waals surface area contributed by atoms with E-state index in [1.54, 1.807) is 18.2 Å². The molecule has 0 atom stereocenters. The minimum absolute atomic E-state index is 0.0897. The third kappa shape index (κ3) is 2.28. The molecule has 0 spiro atoms. The van der Waals surface area contributed by atoms with E-state index < -0.39 is 0 Å². The molecule has 2 rings (SSSR count). The van der Waals surface area contributed by atoms with Crippen molar-refractivity contribution in [3.63, 3.8) is 0 Å². The van der Waals surface area contributed by atoms with Gasteiger partial charge in [0.15, 0.2) is 0 Å². The fourth-order valence-corrected chi connectivity index (χ4v) is 1.62. The Balaban J connectivity index is 2.87. The molecule has 3 heteroatoms. The van der Waals surface area contributed by atoms with Gasteiger partial charge in [0, 0.05) is 10.6 Å². The molecule has 0 fully saturated rings. The lowest BCUT2D eigenvalue weighted by molar-refractivity contribution is 1.62. The van der Waals surface area contributed by atoms with Gasteiger partial charge in [-0.3, -0.25) is 0 Å². The monoisotopic (exact) mass is 260 g/mol. The summed E-state index contributed by atoms with van der Waals surface area (Å²) in [5, 5.41) is 0.259. The fourth-order valence-electron chi connectivity index (χ4n) is 1.13. The highest BCUT2D eigenvalue weighted by molar-refractivity contribution is 6.43. The van der Waals surface area contributed by atoms with Crippen LogP contribution in [0.3, 0.4) is 0 Å². The molecule has 0 bridgehead atoms. The van der Waals surface area contributed by atoms with E-state index in [1.807, 2.05) is 0 Å². The van der Waals surface area contributed by atoms with Crippen LogP contribution < -0.4 is 0 Å². The van der Waals surface area contributed by atoms with Crippen molar-refractivity contribution in [3.8, 4) is 11.1 Å². The maximum Gasteiger partial charge on any atom is 0.0670 e. The Hall–Kier alpha value is -0.690. The van der Waals surface area contributed by atoms with E-state index in [0.717, 1.165) is 0 Å². The molecule has 0 aromatic heterocycles. The zero-order valence-corrected chi connectivity index (χ0v) is 9.63. The number of hydrogen-bond acceptors (Lipinski definition) is 0. The molecule has 0 aliphatic rings. The minimum atomic E-state index is -0.297. The second kappa shape index (κ2) is 4.44. The van der Waals surface area contributed by atoms with Gasteiger partial charge in [-0.05, 0) is 23.7 Å². The van der Waals surface area contributed by atoms with E-state index in [1.165, 1.54) is 0 Å². The molecule has 15 heavy (non-hydrogen) atoms. The van der Waals surface area contributed by atoms with E-state index >= 15 is 0 Å². The molecule has 76 valence electrons. The first kappa shape index (κ1) is 6.80. The van der Waals surface area contributed by atoms with Crippen molar-refractivity contribution in [1.29, 1.82) is 0 Å². The highest BCUT2D eigenvalue weighted by Crippen LogP contribution is 2.33. The van der Waals surface area contributed by atoms with E-state index in [4.69, 9.17) is 40.3 Å². The molecule has 0 N–H and O–H groups in total. The second-order valence-electron chi connectivity index (χ2n) is 2.79. The van der Waals surface area contributed by atoms with Crippen molar-refractivity contribution in [2.24, 2.45) is 0 Å². The van der Waals surface area contributed by atoms with Gasteiger partial charge in [0.05, 0.1) is 15.5 Å². The van der Waals surface area contributed by atoms with Crippen LogP contribution in [0.2, 0.25) is 15.1 Å². The Morgan fingerprint density at radius 3 is 2.27 bits per heavy atom. The molecular formula is C12H7Cl3. The van der Waals surface area contributed by atoms with Gasteiger partial charge in [-0.15, -0.1) is 0 Å². The Labute approximate surface area is 109 Å². The largest absolute Gasteiger partial charge is 0.0843 e. The zero-order valence-electron chi connectivity index (χ0n) is 11.4. The summed E-state index contributed by atoms with van der Waals surface area (Å²) >= 11 is 17.7. The summed E-state index contributed by atoms with van der Waals surface area (Å²) in [4.78, 5) is 0. The number of rotatable bonds is 1. The van der Waals surface area contributed by atoms with Gasteiger partial charge >= 0.3 is 0 Å². The summed E-state index contributed by atoms with van der Waals surface area (Å²) < 4.78 is 31.2. The molecule has 0 aliphatic carbocycles. The van der Waals surface area contributed by atoms with Crippen molar-refractivity contribution >= 4 is 34.8 Å². The second-order valence-corrected chi connectivity index (χ2v) is 3.95. The van der Waals surface area contributed by atoms with E-state index in [-0.39, 0.29) is 44.8 Å².